The van der Waals surface area contributed by atoms with E-state index >= 15 is 0 Å². The Labute approximate surface area is 401 Å². The van der Waals surface area contributed by atoms with Gasteiger partial charge in [0.25, 0.3) is 0 Å². The minimum absolute atomic E-state index is 0. The molecular weight excluding hydrogens is 1010 g/mol. The first-order valence-electron chi connectivity index (χ1n) is 18.6. The number of halogens is 2. The summed E-state index contributed by atoms with van der Waals surface area (Å²) in [4.78, 5) is 14.7. The molecule has 0 radical (unpaired) electrons. The molecule has 3 aromatic heterocycles. The van der Waals surface area contributed by atoms with Crippen LogP contribution in [0.5, 0.6) is 40.2 Å². The van der Waals surface area contributed by atoms with Crippen molar-refractivity contribution in [2.75, 3.05) is 21.3 Å². The fourth-order valence-electron chi connectivity index (χ4n) is 5.51. The van der Waals surface area contributed by atoms with Crippen LogP contribution in [0.2, 0.25) is 0 Å². The average molecular weight is 1050 g/mol. The van der Waals surface area contributed by atoms with Crippen LogP contribution in [0, 0.1) is 20.8 Å². The van der Waals surface area contributed by atoms with Gasteiger partial charge in [0.1, 0.15) is 15.8 Å². The maximum absolute atomic E-state index is 9.53. The van der Waals surface area contributed by atoms with E-state index in [1.807, 2.05) is 31.3 Å². The molecule has 6 N–H and O–H groups in total. The Morgan fingerprint density at radius 3 is 1.47 bits per heavy atom. The Hall–Kier alpha value is -5.47. The molecule has 18 heteroatoms. The van der Waals surface area contributed by atoms with E-state index < -0.39 is 7.12 Å². The zero-order valence-corrected chi connectivity index (χ0v) is 40.3. The van der Waals surface area contributed by atoms with Crippen molar-refractivity contribution in [2.24, 2.45) is 0 Å². The van der Waals surface area contributed by atoms with Gasteiger partial charge in [0.2, 0.25) is 0 Å². The van der Waals surface area contributed by atoms with Gasteiger partial charge >= 0.3 is 7.12 Å². The molecule has 0 bridgehead atoms. The highest BCUT2D eigenvalue weighted by Crippen LogP contribution is 2.39. The molecule has 0 fully saturated rings. The summed E-state index contributed by atoms with van der Waals surface area (Å²) in [6.07, 6.45) is 5.32. The van der Waals surface area contributed by atoms with Crippen molar-refractivity contribution in [1.82, 2.24) is 15.0 Å². The van der Waals surface area contributed by atoms with E-state index in [1.54, 1.807) is 86.7 Å². The third-order valence-electron chi connectivity index (χ3n) is 9.10. The van der Waals surface area contributed by atoms with E-state index in [0.717, 1.165) is 56.2 Å². The van der Waals surface area contributed by atoms with Crippen molar-refractivity contribution in [3.8, 4) is 82.3 Å². The second-order valence-corrected chi connectivity index (χ2v) is 19.1. The van der Waals surface area contributed by atoms with E-state index in [2.05, 4.69) is 78.9 Å². The van der Waals surface area contributed by atoms with Crippen LogP contribution in [0.25, 0.3) is 42.0 Å². The van der Waals surface area contributed by atoms with Crippen LogP contribution in [0.4, 0.5) is 0 Å². The molecule has 0 amide bonds. The minimum Gasteiger partial charge on any atom is -0.504 e. The maximum Gasteiger partial charge on any atom is 0.488 e. The lowest BCUT2D eigenvalue weighted by atomic mass is 9.80. The van der Waals surface area contributed by atoms with Crippen molar-refractivity contribution in [3.63, 3.8) is 0 Å². The zero-order chi connectivity index (χ0) is 45.8. The van der Waals surface area contributed by atoms with Gasteiger partial charge in [-0.2, -0.15) is 0 Å². The molecular formula is C46H46BBr2N3O9S3. The van der Waals surface area contributed by atoms with Gasteiger partial charge < -0.3 is 44.7 Å². The second-order valence-electron chi connectivity index (χ2n) is 13.4. The Balaban J connectivity index is 0.000000201. The number of hydrogen-bond acceptors (Lipinski definition) is 15. The number of methoxy groups -OCH3 is 3. The van der Waals surface area contributed by atoms with Crippen LogP contribution in [-0.2, 0) is 0 Å². The van der Waals surface area contributed by atoms with Crippen LogP contribution in [0.3, 0.4) is 0 Å². The zero-order valence-electron chi connectivity index (χ0n) is 34.7. The Morgan fingerprint density at radius 1 is 0.484 bits per heavy atom. The van der Waals surface area contributed by atoms with Gasteiger partial charge in [0.15, 0.2) is 38.4 Å². The lowest BCUT2D eigenvalue weighted by Crippen LogP contribution is -2.29. The fourth-order valence-corrected chi connectivity index (χ4v) is 9.54. The van der Waals surface area contributed by atoms with Gasteiger partial charge in [-0.1, -0.05) is 31.7 Å². The first-order valence-corrected chi connectivity index (χ1v) is 22.7. The summed E-state index contributed by atoms with van der Waals surface area (Å²) in [7, 11) is 3.41. The highest BCUT2D eigenvalue weighted by Gasteiger charge is 2.14. The number of aromatic hydroxyl groups is 4. The van der Waals surface area contributed by atoms with E-state index in [9.17, 15) is 20.4 Å². The van der Waals surface area contributed by atoms with E-state index in [1.165, 1.54) is 46.7 Å². The third kappa shape index (κ3) is 13.8. The van der Waals surface area contributed by atoms with Crippen LogP contribution in [0.1, 0.15) is 24.1 Å². The molecule has 3 heterocycles. The van der Waals surface area contributed by atoms with Crippen molar-refractivity contribution in [3.05, 3.63) is 134 Å². The molecule has 5 aromatic carbocycles. The summed E-state index contributed by atoms with van der Waals surface area (Å²) in [5.41, 5.74) is 7.65. The largest absolute Gasteiger partial charge is 0.504 e. The van der Waals surface area contributed by atoms with Crippen molar-refractivity contribution < 1.29 is 44.7 Å². The number of nitrogens with zero attached hydrogens (tertiary/aromatic N) is 3. The second kappa shape index (κ2) is 24.0. The summed E-state index contributed by atoms with van der Waals surface area (Å²) >= 11 is 11.1. The maximum atomic E-state index is 9.53. The van der Waals surface area contributed by atoms with Gasteiger partial charge in [0.05, 0.1) is 41.1 Å². The summed E-state index contributed by atoms with van der Waals surface area (Å²) in [5.74, 6) is 1.38. The summed E-state index contributed by atoms with van der Waals surface area (Å²) in [6, 6.07) is 26.5. The van der Waals surface area contributed by atoms with Crippen LogP contribution in [0.15, 0.2) is 117 Å². The van der Waals surface area contributed by atoms with Crippen LogP contribution >= 0.6 is 65.9 Å². The van der Waals surface area contributed by atoms with Gasteiger partial charge in [0, 0.05) is 23.5 Å². The van der Waals surface area contributed by atoms with Crippen LogP contribution < -0.4 is 19.7 Å². The number of rotatable bonds is 8. The summed E-state index contributed by atoms with van der Waals surface area (Å²) < 4.78 is 17.7. The Bertz CT molecular complexity index is 2700. The number of aryl methyl sites for hydroxylation is 3. The number of hydrogen-bond donors (Lipinski definition) is 6. The summed E-state index contributed by atoms with van der Waals surface area (Å²) in [5, 5.41) is 57.0. The van der Waals surface area contributed by atoms with Gasteiger partial charge in [-0.05, 0) is 153 Å². The highest BCUT2D eigenvalue weighted by molar-refractivity contribution is 9.12. The minimum atomic E-state index is -1.43. The fraction of sp³-hybridized carbons (Fsp3) is 0.152. The normalized spacial score (nSPS) is 10.2. The summed E-state index contributed by atoms with van der Waals surface area (Å²) in [6.45, 7) is 6.14. The predicted molar refractivity (Wildman–Crippen MR) is 267 cm³/mol. The molecule has 0 saturated carbocycles. The standard InChI is InChI=1S/C19H19NO2S.C15H11NO4S.C8H11BO3.C3HBr2NS.CH4/c1-12-5-6-15(9-13(12)2)19-20-11-18(23-19)14-7-8-16(21-3)17(10-14)22-4;17-10-3-1-8(5-12(10)19)14-7-16-15(21-14)9-2-4-11(18)13(20)6-9;1-6-3-4-7(9(10)11)5-8(6)12-2;4-2-1-6-3(5)7-2;/h5-11H,1-4H3;1-7,17-20H;3-5,10-11H,1-2H3;1H;1H4. The van der Waals surface area contributed by atoms with Gasteiger partial charge in [-0.15, -0.1) is 34.0 Å². The molecule has 0 spiro atoms. The predicted octanol–water partition coefficient (Wildman–Crippen LogP) is 11.4. The van der Waals surface area contributed by atoms with Gasteiger partial charge in [-0.25, -0.2) is 15.0 Å². The smallest absolute Gasteiger partial charge is 0.488 e. The number of phenols is 4. The Morgan fingerprint density at radius 2 is 0.984 bits per heavy atom. The molecule has 0 aliphatic carbocycles. The van der Waals surface area contributed by atoms with Crippen molar-refractivity contribution in [2.45, 2.75) is 28.2 Å². The molecule has 0 saturated heterocycles. The molecule has 0 aliphatic rings. The molecule has 8 rings (SSSR count). The van der Waals surface area contributed by atoms with Crippen LogP contribution in [-0.4, -0.2) is 73.9 Å². The SMILES string of the molecule is Brc1cnc(Br)s1.C.COc1cc(B(O)O)ccc1C.COc1ccc(-c2cnc(-c3ccc(C)c(C)c3)s2)cc1OC.Oc1ccc(-c2cnc(-c3ccc(O)c(O)c3)s2)cc1O. The van der Waals surface area contributed by atoms with Crippen molar-refractivity contribution in [1.29, 1.82) is 0 Å². The molecule has 8 aromatic rings. The number of ether oxygens (including phenoxy) is 3. The lowest BCUT2D eigenvalue weighted by molar-refractivity contribution is 0.355. The average Bonchev–Trinajstić information content (AvgIpc) is 4.06. The first kappa shape index (κ1) is 51.2. The highest BCUT2D eigenvalue weighted by atomic mass is 79.9. The number of benzene rings is 5. The number of phenolic OH excluding ortho intramolecular Hbond substituents is 4. The van der Waals surface area contributed by atoms with Gasteiger partial charge in [-0.3, -0.25) is 0 Å². The molecule has 64 heavy (non-hydrogen) atoms. The van der Waals surface area contributed by atoms with E-state index in [-0.39, 0.29) is 30.4 Å². The lowest BCUT2D eigenvalue weighted by Gasteiger charge is -2.08. The molecule has 334 valence electrons. The van der Waals surface area contributed by atoms with Crippen molar-refractivity contribution >= 4 is 78.5 Å². The number of aromatic nitrogens is 3. The Kier molecular flexibility index (Phi) is 19.2. The molecule has 0 unspecified atom stereocenters. The molecule has 0 aliphatic heterocycles. The topological polar surface area (TPSA) is 188 Å². The number of thiazole rings is 3. The monoisotopic (exact) mass is 1050 g/mol. The van der Waals surface area contributed by atoms with E-state index in [0.29, 0.717) is 21.8 Å². The molecule has 12 nitrogen and oxygen atoms in total. The first-order chi connectivity index (χ1) is 30.1. The quantitative estimate of drug-likeness (QED) is 0.0625. The molecule has 0 atom stereocenters. The third-order valence-corrected chi connectivity index (χ3v) is 13.2. The van der Waals surface area contributed by atoms with E-state index in [4.69, 9.17) is 24.3 Å².